The summed E-state index contributed by atoms with van der Waals surface area (Å²) in [6.45, 7) is -0.688. The van der Waals surface area contributed by atoms with Gasteiger partial charge in [-0.05, 0) is 30.3 Å². The first-order valence-corrected chi connectivity index (χ1v) is 10.2. The molecule has 5 atom stereocenters. The SMILES string of the molecule is COC(=O)c1c(NC(=O)c2cc(O)ccc2O[C@@H]2O[C@H](CO)[C@@H](O)[C@H](O)[C@H]2O)ccc(O)c1OC. The predicted octanol–water partition coefficient (Wildman–Crippen LogP) is -0.676. The van der Waals surface area contributed by atoms with Crippen molar-refractivity contribution in [3.05, 3.63) is 41.5 Å². The van der Waals surface area contributed by atoms with Gasteiger partial charge in [0.2, 0.25) is 6.29 Å². The molecule has 35 heavy (non-hydrogen) atoms. The predicted molar refractivity (Wildman–Crippen MR) is 116 cm³/mol. The largest absolute Gasteiger partial charge is 0.508 e. The second-order valence-electron chi connectivity index (χ2n) is 7.48. The number of rotatable bonds is 7. The molecule has 0 spiro atoms. The number of phenols is 2. The van der Waals surface area contributed by atoms with Crippen LogP contribution < -0.4 is 14.8 Å². The molecule has 0 unspecified atom stereocenters. The number of carbonyl (C=O) groups is 2. The van der Waals surface area contributed by atoms with Gasteiger partial charge in [-0.15, -0.1) is 0 Å². The Kier molecular flexibility index (Phi) is 7.99. The molecule has 1 fully saturated rings. The van der Waals surface area contributed by atoms with E-state index >= 15 is 0 Å². The van der Waals surface area contributed by atoms with E-state index in [1.807, 2.05) is 0 Å². The number of anilines is 1. The first kappa shape index (κ1) is 26.0. The molecule has 0 bridgehead atoms. The molecule has 190 valence electrons. The van der Waals surface area contributed by atoms with E-state index in [0.717, 1.165) is 13.2 Å². The molecule has 13 nitrogen and oxygen atoms in total. The molecule has 1 heterocycles. The molecule has 1 amide bonds. The lowest BCUT2D eigenvalue weighted by Crippen LogP contribution is -2.60. The van der Waals surface area contributed by atoms with E-state index in [-0.39, 0.29) is 39.8 Å². The van der Waals surface area contributed by atoms with Crippen LogP contribution in [0.1, 0.15) is 20.7 Å². The smallest absolute Gasteiger partial charge is 0.343 e. The zero-order chi connectivity index (χ0) is 25.9. The topological polar surface area (TPSA) is 204 Å². The molecular formula is C22H25NO12. The van der Waals surface area contributed by atoms with Gasteiger partial charge in [0.05, 0.1) is 32.1 Å². The number of hydrogen-bond donors (Lipinski definition) is 7. The maximum Gasteiger partial charge on any atom is 0.343 e. The van der Waals surface area contributed by atoms with Crippen molar-refractivity contribution < 1.29 is 59.2 Å². The third kappa shape index (κ3) is 5.23. The van der Waals surface area contributed by atoms with Crippen LogP contribution in [0.4, 0.5) is 5.69 Å². The fourth-order valence-corrected chi connectivity index (χ4v) is 3.46. The highest BCUT2D eigenvalue weighted by molar-refractivity contribution is 6.10. The van der Waals surface area contributed by atoms with Crippen molar-refractivity contribution in [1.82, 2.24) is 0 Å². The van der Waals surface area contributed by atoms with Crippen LogP contribution in [0.2, 0.25) is 0 Å². The third-order valence-corrected chi connectivity index (χ3v) is 5.28. The van der Waals surface area contributed by atoms with Crippen LogP contribution in [0.25, 0.3) is 0 Å². The Morgan fingerprint density at radius 2 is 1.74 bits per heavy atom. The van der Waals surface area contributed by atoms with Crippen LogP contribution >= 0.6 is 0 Å². The summed E-state index contributed by atoms with van der Waals surface area (Å²) >= 11 is 0. The second kappa shape index (κ2) is 10.8. The van der Waals surface area contributed by atoms with E-state index in [9.17, 15) is 40.2 Å². The number of methoxy groups -OCH3 is 2. The Morgan fingerprint density at radius 1 is 1.03 bits per heavy atom. The minimum absolute atomic E-state index is 0.0985. The summed E-state index contributed by atoms with van der Waals surface area (Å²) in [7, 11) is 2.30. The highest BCUT2D eigenvalue weighted by Gasteiger charge is 2.45. The molecule has 0 saturated carbocycles. The highest BCUT2D eigenvalue weighted by Crippen LogP contribution is 2.37. The van der Waals surface area contributed by atoms with Crippen LogP contribution in [0, 0.1) is 0 Å². The first-order chi connectivity index (χ1) is 16.6. The van der Waals surface area contributed by atoms with E-state index in [0.29, 0.717) is 0 Å². The standard InChI is InChI=1S/C22H25NO12/c1-32-19-12(26)5-4-11(15(19)21(31)33-2)23-20(30)10-7-9(25)3-6-13(10)34-22-18(29)17(28)16(27)14(8-24)35-22/h3-7,14,16-18,22,24-29H,8H2,1-2H3,(H,23,30)/t14-,16-,17+,18-,22-/m1/s1. The van der Waals surface area contributed by atoms with Crippen LogP contribution in [-0.4, -0.2) is 94.0 Å². The molecule has 1 aliphatic heterocycles. The van der Waals surface area contributed by atoms with Gasteiger partial charge in [-0.25, -0.2) is 4.79 Å². The molecule has 0 aromatic heterocycles. The molecular weight excluding hydrogens is 470 g/mol. The summed E-state index contributed by atoms with van der Waals surface area (Å²) in [6.07, 6.45) is -7.92. The van der Waals surface area contributed by atoms with E-state index < -0.39 is 49.2 Å². The number of esters is 1. The number of phenolic OH excluding ortho intramolecular Hbond substituents is 2. The van der Waals surface area contributed by atoms with Gasteiger partial charge in [0, 0.05) is 0 Å². The van der Waals surface area contributed by atoms with Gasteiger partial charge in [0.15, 0.2) is 11.5 Å². The Labute approximate surface area is 198 Å². The van der Waals surface area contributed by atoms with Gasteiger partial charge in [0.25, 0.3) is 5.91 Å². The van der Waals surface area contributed by atoms with Crippen molar-refractivity contribution in [2.24, 2.45) is 0 Å². The maximum atomic E-state index is 13.1. The van der Waals surface area contributed by atoms with Crippen LogP contribution in [0.5, 0.6) is 23.0 Å². The number of carbonyl (C=O) groups excluding carboxylic acids is 2. The maximum absolute atomic E-state index is 13.1. The lowest BCUT2D eigenvalue weighted by molar-refractivity contribution is -0.277. The molecule has 1 aliphatic rings. The summed E-state index contributed by atoms with van der Waals surface area (Å²) in [5.74, 6) is -2.97. The number of aromatic hydroxyl groups is 2. The monoisotopic (exact) mass is 495 g/mol. The van der Waals surface area contributed by atoms with E-state index in [1.54, 1.807) is 0 Å². The van der Waals surface area contributed by atoms with E-state index in [4.69, 9.17) is 18.9 Å². The van der Waals surface area contributed by atoms with Crippen molar-refractivity contribution in [3.63, 3.8) is 0 Å². The molecule has 7 N–H and O–H groups in total. The van der Waals surface area contributed by atoms with Crippen LogP contribution in [0.15, 0.2) is 30.3 Å². The average Bonchev–Trinajstić information content (AvgIpc) is 2.85. The number of aliphatic hydroxyl groups is 4. The number of benzene rings is 2. The first-order valence-electron chi connectivity index (χ1n) is 10.2. The minimum Gasteiger partial charge on any atom is -0.508 e. The van der Waals surface area contributed by atoms with E-state index in [1.165, 1.54) is 31.4 Å². The lowest BCUT2D eigenvalue weighted by atomic mass is 9.99. The molecule has 0 radical (unpaired) electrons. The molecule has 3 rings (SSSR count). The molecule has 2 aromatic carbocycles. The summed E-state index contributed by atoms with van der Waals surface area (Å²) < 4.78 is 20.6. The Hall–Kier alpha value is -3.62. The zero-order valence-corrected chi connectivity index (χ0v) is 18.6. The number of nitrogens with one attached hydrogen (secondary N) is 1. The molecule has 13 heteroatoms. The van der Waals surface area contributed by atoms with Gasteiger partial charge >= 0.3 is 5.97 Å². The normalized spacial score (nSPS) is 23.9. The van der Waals surface area contributed by atoms with Crippen LogP contribution in [0.3, 0.4) is 0 Å². The lowest BCUT2D eigenvalue weighted by Gasteiger charge is -2.39. The van der Waals surface area contributed by atoms with Gasteiger partial charge in [-0.1, -0.05) is 0 Å². The Balaban J connectivity index is 1.94. The summed E-state index contributed by atoms with van der Waals surface area (Å²) in [5.41, 5.74) is -0.650. The molecule has 2 aromatic rings. The molecule has 0 aliphatic carbocycles. The highest BCUT2D eigenvalue weighted by atomic mass is 16.7. The van der Waals surface area contributed by atoms with Crippen molar-refractivity contribution in [2.45, 2.75) is 30.7 Å². The minimum atomic E-state index is -1.75. The average molecular weight is 495 g/mol. The summed E-state index contributed by atoms with van der Waals surface area (Å²) in [6, 6.07) is 5.80. The van der Waals surface area contributed by atoms with Gasteiger partial charge in [-0.3, -0.25) is 4.79 Å². The van der Waals surface area contributed by atoms with Crippen molar-refractivity contribution in [2.75, 3.05) is 26.1 Å². The number of ether oxygens (including phenoxy) is 4. The number of hydrogen-bond acceptors (Lipinski definition) is 12. The van der Waals surface area contributed by atoms with Gasteiger partial charge in [-0.2, -0.15) is 0 Å². The van der Waals surface area contributed by atoms with Crippen molar-refractivity contribution >= 4 is 17.6 Å². The fraction of sp³-hybridized carbons (Fsp3) is 0.364. The number of amides is 1. The van der Waals surface area contributed by atoms with Crippen molar-refractivity contribution in [3.8, 4) is 23.0 Å². The van der Waals surface area contributed by atoms with E-state index in [2.05, 4.69) is 5.32 Å². The van der Waals surface area contributed by atoms with Crippen LogP contribution in [-0.2, 0) is 9.47 Å². The number of aliphatic hydroxyl groups excluding tert-OH is 4. The van der Waals surface area contributed by atoms with Gasteiger partial charge < -0.3 is 54.9 Å². The third-order valence-electron chi connectivity index (χ3n) is 5.28. The summed E-state index contributed by atoms with van der Waals surface area (Å²) in [4.78, 5) is 25.4. The zero-order valence-electron chi connectivity index (χ0n) is 18.6. The second-order valence-corrected chi connectivity index (χ2v) is 7.48. The Bertz CT molecular complexity index is 1090. The van der Waals surface area contributed by atoms with Crippen molar-refractivity contribution in [1.29, 1.82) is 0 Å². The Morgan fingerprint density at radius 3 is 2.37 bits per heavy atom. The fourth-order valence-electron chi connectivity index (χ4n) is 3.46. The molecule has 1 saturated heterocycles. The quantitative estimate of drug-likeness (QED) is 0.189. The van der Waals surface area contributed by atoms with Gasteiger partial charge in [0.1, 0.15) is 41.5 Å². The summed E-state index contributed by atoms with van der Waals surface area (Å²) in [5, 5.41) is 61.8.